The molecule has 0 amide bonds. The van der Waals surface area contributed by atoms with Crippen molar-refractivity contribution >= 4 is 39.0 Å². The summed E-state index contributed by atoms with van der Waals surface area (Å²) in [5.74, 6) is -0.651. The van der Waals surface area contributed by atoms with Crippen molar-refractivity contribution in [3.8, 4) is 16.8 Å². The smallest absolute Gasteiger partial charge is 0.337 e. The summed E-state index contributed by atoms with van der Waals surface area (Å²) in [5.41, 5.74) is 6.55. The van der Waals surface area contributed by atoms with Crippen LogP contribution in [0.4, 0.5) is 4.39 Å². The van der Waals surface area contributed by atoms with E-state index >= 15 is 0 Å². The number of carbonyl (C=O) groups excluding carboxylic acids is 1. The monoisotopic (exact) mass is 462 g/mol. The largest absolute Gasteiger partial charge is 0.465 e. The van der Waals surface area contributed by atoms with Crippen LogP contribution in [0.5, 0.6) is 0 Å². The fraction of sp³-hybridized carbons (Fsp3) is 0.0833. The first-order valence-electron chi connectivity index (χ1n) is 9.38. The molecule has 1 aromatic heterocycles. The molecule has 3 aromatic carbocycles. The summed E-state index contributed by atoms with van der Waals surface area (Å²) in [7, 11) is 1.37. The Kier molecular flexibility index (Phi) is 4.51. The molecular weight excluding hydrogens is 447 g/mol. The maximum Gasteiger partial charge on any atom is 0.337 e. The summed E-state index contributed by atoms with van der Waals surface area (Å²) in [6.07, 6.45) is 1.88. The Morgan fingerprint density at radius 2 is 1.83 bits per heavy atom. The average molecular weight is 463 g/mol. The van der Waals surface area contributed by atoms with E-state index in [1.165, 1.54) is 24.8 Å². The van der Waals surface area contributed by atoms with Crippen molar-refractivity contribution in [1.82, 2.24) is 4.57 Å². The topological polar surface area (TPSA) is 43.6 Å². The van der Waals surface area contributed by atoms with Gasteiger partial charge in [-0.3, -0.25) is 4.99 Å². The lowest BCUT2D eigenvalue weighted by Gasteiger charge is -2.08. The number of rotatable bonds is 3. The van der Waals surface area contributed by atoms with Gasteiger partial charge in [0.25, 0.3) is 0 Å². The zero-order valence-corrected chi connectivity index (χ0v) is 17.6. The molecule has 0 unspecified atom stereocenters. The number of aliphatic imine (C=N–C) groups is 1. The van der Waals surface area contributed by atoms with Gasteiger partial charge < -0.3 is 9.30 Å². The number of nitrogens with zero attached hydrogens (tertiary/aromatic N) is 2. The summed E-state index contributed by atoms with van der Waals surface area (Å²) in [5, 5.41) is 1.06. The molecule has 0 spiro atoms. The molecular formula is C24H16BrFN2O2. The van der Waals surface area contributed by atoms with E-state index in [1.54, 1.807) is 24.3 Å². The first kappa shape index (κ1) is 18.8. The highest BCUT2D eigenvalue weighted by molar-refractivity contribution is 9.10. The normalized spacial score (nSPS) is 12.4. The first-order chi connectivity index (χ1) is 14.6. The molecule has 6 heteroatoms. The van der Waals surface area contributed by atoms with Crippen LogP contribution in [0.25, 0.3) is 27.7 Å². The van der Waals surface area contributed by atoms with Crippen LogP contribution in [0.1, 0.15) is 21.5 Å². The second-order valence-electron chi connectivity index (χ2n) is 7.08. The van der Waals surface area contributed by atoms with E-state index in [1.807, 2.05) is 18.3 Å². The Labute approximate surface area is 180 Å². The fourth-order valence-corrected chi connectivity index (χ4v) is 4.71. The number of hydrogen-bond acceptors (Lipinski definition) is 3. The molecule has 148 valence electrons. The number of fused-ring (bicyclic) bond motifs is 2. The van der Waals surface area contributed by atoms with Crippen LogP contribution in [0.2, 0.25) is 0 Å². The maximum absolute atomic E-state index is 13.5. The van der Waals surface area contributed by atoms with Crippen molar-refractivity contribution in [3.63, 3.8) is 0 Å². The molecule has 30 heavy (non-hydrogen) atoms. The SMILES string of the molecule is COC(=O)c1ccc(-c2c(Br)n(-c3ccc(F)cc3)c3cc4c(cc23)CN=C4)cc1. The first-order valence-corrected chi connectivity index (χ1v) is 10.2. The van der Waals surface area contributed by atoms with Gasteiger partial charge >= 0.3 is 5.97 Å². The second kappa shape index (κ2) is 7.22. The summed E-state index contributed by atoms with van der Waals surface area (Å²) >= 11 is 3.78. The van der Waals surface area contributed by atoms with Crippen LogP contribution in [-0.4, -0.2) is 23.9 Å². The molecule has 0 atom stereocenters. The molecule has 5 rings (SSSR count). The van der Waals surface area contributed by atoms with Gasteiger partial charge in [-0.2, -0.15) is 0 Å². The number of benzene rings is 3. The van der Waals surface area contributed by atoms with Crippen LogP contribution < -0.4 is 0 Å². The number of carbonyl (C=O) groups is 1. The Bertz CT molecular complexity index is 1320. The van der Waals surface area contributed by atoms with E-state index in [0.717, 1.165) is 37.9 Å². The average Bonchev–Trinajstić information content (AvgIpc) is 3.33. The van der Waals surface area contributed by atoms with Crippen molar-refractivity contribution in [3.05, 3.63) is 87.8 Å². The summed E-state index contributed by atoms with van der Waals surface area (Å²) in [6, 6.07) is 18.0. The van der Waals surface area contributed by atoms with Crippen LogP contribution in [0.3, 0.4) is 0 Å². The van der Waals surface area contributed by atoms with Crippen molar-refractivity contribution in [1.29, 1.82) is 0 Å². The van der Waals surface area contributed by atoms with Crippen molar-refractivity contribution in [2.75, 3.05) is 7.11 Å². The van der Waals surface area contributed by atoms with Crippen molar-refractivity contribution < 1.29 is 13.9 Å². The van der Waals surface area contributed by atoms with E-state index in [9.17, 15) is 9.18 Å². The van der Waals surface area contributed by atoms with Gasteiger partial charge in [0.05, 0.1) is 29.3 Å². The van der Waals surface area contributed by atoms with Crippen LogP contribution in [0.15, 0.2) is 70.3 Å². The number of halogens is 2. The standard InChI is InChI=1S/C24H16BrFN2O2/c1-30-24(29)15-4-2-14(3-5-15)22-20-10-16-12-27-13-17(16)11-21(20)28(23(22)25)19-8-6-18(26)7-9-19/h2-11,13H,12H2,1H3. The van der Waals surface area contributed by atoms with E-state index in [0.29, 0.717) is 12.1 Å². The molecule has 1 aliphatic rings. The Balaban J connectivity index is 1.77. The Morgan fingerprint density at radius 3 is 2.53 bits per heavy atom. The molecule has 0 saturated carbocycles. The quantitative estimate of drug-likeness (QED) is 0.354. The van der Waals surface area contributed by atoms with Gasteiger partial charge in [-0.25, -0.2) is 9.18 Å². The molecule has 0 saturated heterocycles. The lowest BCUT2D eigenvalue weighted by Crippen LogP contribution is -2.00. The molecule has 4 aromatic rings. The second-order valence-corrected chi connectivity index (χ2v) is 7.84. The minimum Gasteiger partial charge on any atom is -0.465 e. The van der Waals surface area contributed by atoms with Crippen molar-refractivity contribution in [2.45, 2.75) is 6.54 Å². The number of methoxy groups -OCH3 is 1. The van der Waals surface area contributed by atoms with E-state index in [2.05, 4.69) is 37.6 Å². The summed E-state index contributed by atoms with van der Waals surface area (Å²) in [4.78, 5) is 16.2. The molecule has 1 aliphatic heterocycles. The predicted molar refractivity (Wildman–Crippen MR) is 119 cm³/mol. The van der Waals surface area contributed by atoms with Crippen LogP contribution in [0, 0.1) is 5.82 Å². The highest BCUT2D eigenvalue weighted by Crippen LogP contribution is 2.41. The van der Waals surface area contributed by atoms with Gasteiger partial charge in [-0.1, -0.05) is 12.1 Å². The maximum atomic E-state index is 13.5. The molecule has 0 N–H and O–H groups in total. The molecule has 4 nitrogen and oxygen atoms in total. The third-order valence-corrected chi connectivity index (χ3v) is 6.09. The predicted octanol–water partition coefficient (Wildman–Crippen LogP) is 5.92. The highest BCUT2D eigenvalue weighted by atomic mass is 79.9. The van der Waals surface area contributed by atoms with Gasteiger partial charge in [0.15, 0.2) is 0 Å². The summed E-state index contributed by atoms with van der Waals surface area (Å²) < 4.78 is 21.2. The van der Waals surface area contributed by atoms with Gasteiger partial charge in [0.1, 0.15) is 5.82 Å². The Hall–Kier alpha value is -3.25. The van der Waals surface area contributed by atoms with Crippen molar-refractivity contribution in [2.24, 2.45) is 4.99 Å². The van der Waals surface area contributed by atoms with Gasteiger partial charge in [0.2, 0.25) is 0 Å². The van der Waals surface area contributed by atoms with Gasteiger partial charge in [-0.05, 0) is 81.2 Å². The minimum atomic E-state index is -0.371. The number of esters is 1. The number of aromatic nitrogens is 1. The highest BCUT2D eigenvalue weighted by Gasteiger charge is 2.21. The number of hydrogen-bond donors (Lipinski definition) is 0. The zero-order valence-electron chi connectivity index (χ0n) is 16.0. The van der Waals surface area contributed by atoms with Crippen LogP contribution in [-0.2, 0) is 11.3 Å². The van der Waals surface area contributed by atoms with Crippen LogP contribution >= 0.6 is 15.9 Å². The van der Waals surface area contributed by atoms with E-state index < -0.39 is 0 Å². The van der Waals surface area contributed by atoms with E-state index in [-0.39, 0.29) is 11.8 Å². The number of ether oxygens (including phenoxy) is 1. The minimum absolute atomic E-state index is 0.280. The third-order valence-electron chi connectivity index (χ3n) is 5.34. The molecule has 0 fully saturated rings. The Morgan fingerprint density at radius 1 is 1.10 bits per heavy atom. The van der Waals surface area contributed by atoms with E-state index in [4.69, 9.17) is 4.74 Å². The zero-order chi connectivity index (χ0) is 20.8. The lowest BCUT2D eigenvalue weighted by atomic mass is 10.00. The molecule has 0 radical (unpaired) electrons. The molecule has 2 heterocycles. The summed E-state index contributed by atoms with van der Waals surface area (Å²) in [6.45, 7) is 0.658. The lowest BCUT2D eigenvalue weighted by molar-refractivity contribution is 0.0601. The van der Waals surface area contributed by atoms with Gasteiger partial charge in [-0.15, -0.1) is 0 Å². The molecule has 0 aliphatic carbocycles. The molecule has 0 bridgehead atoms. The third kappa shape index (κ3) is 2.95. The fourth-order valence-electron chi connectivity index (χ4n) is 3.87. The van der Waals surface area contributed by atoms with Gasteiger partial charge in [0, 0.05) is 22.9 Å².